The van der Waals surface area contributed by atoms with Gasteiger partial charge in [-0.2, -0.15) is 4.31 Å². The maximum Gasteiger partial charge on any atom is 0.410 e. The predicted octanol–water partition coefficient (Wildman–Crippen LogP) is 2.93. The Hall–Kier alpha value is -1.60. The molecule has 0 N–H and O–H groups in total. The van der Waals surface area contributed by atoms with E-state index >= 15 is 0 Å². The Morgan fingerprint density at radius 3 is 2.40 bits per heavy atom. The zero-order chi connectivity index (χ0) is 19.0. The van der Waals surface area contributed by atoms with E-state index in [1.54, 1.807) is 17.9 Å². The van der Waals surface area contributed by atoms with Crippen LogP contribution in [0.5, 0.6) is 0 Å². The van der Waals surface area contributed by atoms with Crippen molar-refractivity contribution < 1.29 is 17.9 Å². The summed E-state index contributed by atoms with van der Waals surface area (Å²) < 4.78 is 32.9. The standard InChI is InChI=1S/C18H28N2O4S/c1-13-7-8-14(2)16(11-13)25(22,23)19-9-10-20(15(3)12-19)17(21)24-18(4,5)6/h7-8,11,15H,9-10,12H2,1-6H3/t15-/m0/s1. The van der Waals surface area contributed by atoms with Crippen LogP contribution in [0.15, 0.2) is 23.1 Å². The van der Waals surface area contributed by atoms with Gasteiger partial charge in [-0.3, -0.25) is 0 Å². The monoisotopic (exact) mass is 368 g/mol. The molecule has 2 rings (SSSR count). The lowest BCUT2D eigenvalue weighted by molar-refractivity contribution is 0.00858. The number of amides is 1. The van der Waals surface area contributed by atoms with Crippen LogP contribution in [-0.4, -0.2) is 55.0 Å². The fraction of sp³-hybridized carbons (Fsp3) is 0.611. The van der Waals surface area contributed by atoms with Gasteiger partial charge in [0.15, 0.2) is 0 Å². The lowest BCUT2D eigenvalue weighted by Crippen LogP contribution is -2.56. The quantitative estimate of drug-likeness (QED) is 0.805. The number of hydrogen-bond donors (Lipinski definition) is 0. The van der Waals surface area contributed by atoms with E-state index in [1.807, 2.05) is 46.8 Å². The molecule has 1 aromatic rings. The van der Waals surface area contributed by atoms with Crippen molar-refractivity contribution in [1.29, 1.82) is 0 Å². The zero-order valence-electron chi connectivity index (χ0n) is 15.9. The number of ether oxygens (including phenoxy) is 1. The molecule has 1 aliphatic rings. The molecule has 7 heteroatoms. The molecule has 6 nitrogen and oxygen atoms in total. The van der Waals surface area contributed by atoms with Gasteiger partial charge < -0.3 is 9.64 Å². The van der Waals surface area contributed by atoms with Crippen LogP contribution in [0.2, 0.25) is 0 Å². The van der Waals surface area contributed by atoms with E-state index in [0.29, 0.717) is 11.4 Å². The van der Waals surface area contributed by atoms with E-state index in [9.17, 15) is 13.2 Å². The van der Waals surface area contributed by atoms with E-state index < -0.39 is 21.7 Å². The Morgan fingerprint density at radius 2 is 1.84 bits per heavy atom. The Bertz CT molecular complexity index is 753. The molecule has 1 amide bonds. The van der Waals surface area contributed by atoms with Gasteiger partial charge in [0.2, 0.25) is 10.0 Å². The van der Waals surface area contributed by atoms with Gasteiger partial charge in [-0.15, -0.1) is 0 Å². The summed E-state index contributed by atoms with van der Waals surface area (Å²) >= 11 is 0. The summed E-state index contributed by atoms with van der Waals surface area (Å²) in [6, 6.07) is 5.18. The van der Waals surface area contributed by atoms with E-state index in [4.69, 9.17) is 4.74 Å². The lowest BCUT2D eigenvalue weighted by atomic mass is 10.2. The second-order valence-corrected chi connectivity index (χ2v) is 9.56. The normalized spacial score (nSPS) is 19.8. The van der Waals surface area contributed by atoms with Crippen LogP contribution >= 0.6 is 0 Å². The molecule has 1 aromatic carbocycles. The largest absolute Gasteiger partial charge is 0.444 e. The number of carbonyl (C=O) groups is 1. The minimum Gasteiger partial charge on any atom is -0.444 e. The number of aryl methyl sites for hydroxylation is 2. The van der Waals surface area contributed by atoms with Crippen LogP contribution < -0.4 is 0 Å². The number of nitrogens with zero attached hydrogens (tertiary/aromatic N) is 2. The fourth-order valence-corrected chi connectivity index (χ4v) is 4.68. The van der Waals surface area contributed by atoms with Crippen molar-refractivity contribution in [3.8, 4) is 0 Å². The molecule has 0 unspecified atom stereocenters. The molecule has 1 heterocycles. The maximum absolute atomic E-state index is 13.0. The van der Waals surface area contributed by atoms with Gasteiger partial charge in [0, 0.05) is 25.7 Å². The van der Waals surface area contributed by atoms with E-state index in [1.165, 1.54) is 4.31 Å². The molecule has 0 aliphatic carbocycles. The summed E-state index contributed by atoms with van der Waals surface area (Å²) in [4.78, 5) is 14.2. The van der Waals surface area contributed by atoms with Gasteiger partial charge in [0.25, 0.3) is 0 Å². The molecule has 1 saturated heterocycles. The number of piperazine rings is 1. The van der Waals surface area contributed by atoms with Crippen molar-refractivity contribution in [1.82, 2.24) is 9.21 Å². The first kappa shape index (κ1) is 19.7. The summed E-state index contributed by atoms with van der Waals surface area (Å²) in [5.74, 6) is 0. The third kappa shape index (κ3) is 4.52. The van der Waals surface area contributed by atoms with Gasteiger partial charge in [0.05, 0.1) is 4.90 Å². The first-order chi connectivity index (χ1) is 11.4. The topological polar surface area (TPSA) is 66.9 Å². The second-order valence-electron chi connectivity index (χ2n) is 7.65. The molecule has 0 aromatic heterocycles. The summed E-state index contributed by atoms with van der Waals surface area (Å²) in [5, 5.41) is 0. The molecule has 140 valence electrons. The molecular weight excluding hydrogens is 340 g/mol. The zero-order valence-corrected chi connectivity index (χ0v) is 16.7. The third-order valence-corrected chi connectivity index (χ3v) is 6.19. The fourth-order valence-electron chi connectivity index (χ4n) is 2.86. The second kappa shape index (κ2) is 6.96. The highest BCUT2D eigenvalue weighted by molar-refractivity contribution is 7.89. The van der Waals surface area contributed by atoms with Gasteiger partial charge >= 0.3 is 6.09 Å². The minimum absolute atomic E-state index is 0.247. The predicted molar refractivity (Wildman–Crippen MR) is 97.1 cm³/mol. The highest BCUT2D eigenvalue weighted by atomic mass is 32.2. The summed E-state index contributed by atoms with van der Waals surface area (Å²) in [5.41, 5.74) is 1.07. The summed E-state index contributed by atoms with van der Waals surface area (Å²) in [7, 11) is -3.58. The van der Waals surface area contributed by atoms with Crippen LogP contribution in [0.25, 0.3) is 0 Å². The maximum atomic E-state index is 13.0. The number of benzene rings is 1. The van der Waals surface area contributed by atoms with Gasteiger partial charge in [0.1, 0.15) is 5.60 Å². The molecule has 1 atom stereocenters. The Labute approximate surface area is 150 Å². The van der Waals surface area contributed by atoms with Crippen LogP contribution in [0.4, 0.5) is 4.79 Å². The number of sulfonamides is 1. The average molecular weight is 368 g/mol. The number of carbonyl (C=O) groups excluding carboxylic acids is 1. The van der Waals surface area contributed by atoms with Crippen molar-refractivity contribution in [2.75, 3.05) is 19.6 Å². The van der Waals surface area contributed by atoms with Crippen molar-refractivity contribution in [3.05, 3.63) is 29.3 Å². The number of rotatable bonds is 2. The lowest BCUT2D eigenvalue weighted by Gasteiger charge is -2.39. The summed E-state index contributed by atoms with van der Waals surface area (Å²) in [6.07, 6.45) is -0.399. The first-order valence-corrected chi connectivity index (χ1v) is 9.93. The molecule has 1 aliphatic heterocycles. The van der Waals surface area contributed by atoms with Crippen LogP contribution in [-0.2, 0) is 14.8 Å². The first-order valence-electron chi connectivity index (χ1n) is 8.49. The van der Waals surface area contributed by atoms with Crippen molar-refractivity contribution in [2.24, 2.45) is 0 Å². The van der Waals surface area contributed by atoms with Gasteiger partial charge in [-0.1, -0.05) is 12.1 Å². The Kier molecular flexibility index (Phi) is 5.49. The van der Waals surface area contributed by atoms with E-state index in [-0.39, 0.29) is 19.1 Å². The highest BCUT2D eigenvalue weighted by Gasteiger charge is 2.36. The smallest absolute Gasteiger partial charge is 0.410 e. The van der Waals surface area contributed by atoms with Crippen molar-refractivity contribution in [3.63, 3.8) is 0 Å². The Morgan fingerprint density at radius 1 is 1.20 bits per heavy atom. The van der Waals surface area contributed by atoms with Gasteiger partial charge in [-0.25, -0.2) is 13.2 Å². The molecule has 0 bridgehead atoms. The van der Waals surface area contributed by atoms with Crippen molar-refractivity contribution in [2.45, 2.75) is 58.1 Å². The Balaban J connectivity index is 2.17. The van der Waals surface area contributed by atoms with Crippen LogP contribution in [0.1, 0.15) is 38.8 Å². The van der Waals surface area contributed by atoms with Crippen LogP contribution in [0, 0.1) is 13.8 Å². The summed E-state index contributed by atoms with van der Waals surface area (Å²) in [6.45, 7) is 11.8. The van der Waals surface area contributed by atoms with E-state index in [0.717, 1.165) is 11.1 Å². The molecule has 0 radical (unpaired) electrons. The van der Waals surface area contributed by atoms with E-state index in [2.05, 4.69) is 0 Å². The highest BCUT2D eigenvalue weighted by Crippen LogP contribution is 2.24. The average Bonchev–Trinajstić information content (AvgIpc) is 2.47. The molecule has 25 heavy (non-hydrogen) atoms. The third-order valence-electron chi connectivity index (χ3n) is 4.18. The number of hydrogen-bond acceptors (Lipinski definition) is 4. The SMILES string of the molecule is Cc1ccc(C)c(S(=O)(=O)N2CCN(C(=O)OC(C)(C)C)[C@@H](C)C2)c1. The van der Waals surface area contributed by atoms with Crippen LogP contribution in [0.3, 0.4) is 0 Å². The molecule has 1 fully saturated rings. The molecule has 0 spiro atoms. The minimum atomic E-state index is -3.58. The van der Waals surface area contributed by atoms with Crippen molar-refractivity contribution >= 4 is 16.1 Å². The molecular formula is C18H28N2O4S. The molecule has 0 saturated carbocycles. The van der Waals surface area contributed by atoms with Gasteiger partial charge in [-0.05, 0) is 58.7 Å².